The Balaban J connectivity index is -0.000000210. The maximum absolute atomic E-state index is 10.1. The van der Waals surface area contributed by atoms with Crippen LogP contribution in [0.4, 0.5) is 0 Å². The number of aliphatic hydroxyl groups excluding tert-OH is 4. The number of carboxylic acids is 4. The van der Waals surface area contributed by atoms with Crippen LogP contribution in [0.3, 0.4) is 0 Å². The molecule has 0 saturated carbocycles. The summed E-state index contributed by atoms with van der Waals surface area (Å²) in [6.45, 7) is 13.8. The predicted molar refractivity (Wildman–Crippen MR) is 202 cm³/mol. The van der Waals surface area contributed by atoms with Crippen LogP contribution in [-0.2, 0) is 59.8 Å². The molecule has 0 heterocycles. The van der Waals surface area contributed by atoms with Crippen LogP contribution in [0.2, 0.25) is 0 Å². The van der Waals surface area contributed by atoms with Gasteiger partial charge < -0.3 is 79.0 Å². The van der Waals surface area contributed by atoms with Gasteiger partial charge in [-0.05, 0) is 77.0 Å². The zero-order valence-electron chi connectivity index (χ0n) is 34.3. The van der Waals surface area contributed by atoms with Gasteiger partial charge in [0.2, 0.25) is 0 Å². The van der Waals surface area contributed by atoms with E-state index in [4.69, 9.17) is 39.4 Å². The van der Waals surface area contributed by atoms with E-state index in [1.807, 2.05) is 27.7 Å². The number of aliphatic hydroxyl groups is 4. The average molecular weight is 853 g/mol. The molecule has 17 heteroatoms. The van der Waals surface area contributed by atoms with Gasteiger partial charge in [-0.25, -0.2) is 0 Å². The number of carboxylic acid groups (broad SMARTS) is 4. The Morgan fingerprint density at radius 3 is 0.719 bits per heavy atom. The fourth-order valence-electron chi connectivity index (χ4n) is 3.41. The molecule has 0 aliphatic rings. The number of aliphatic carboxylic acids is 4. The van der Waals surface area contributed by atoms with E-state index in [0.717, 1.165) is 77.8 Å². The number of carbonyl (C=O) groups is 4. The smallest absolute Gasteiger partial charge is 0.547 e. The maximum Gasteiger partial charge on any atom is 4.00 e. The minimum atomic E-state index is -1.49. The molecule has 0 aromatic carbocycles. The first kappa shape index (κ1) is 63.4. The number of ether oxygens (including phenoxy) is 4. The number of hydrogen-bond donors (Lipinski definition) is 4. The van der Waals surface area contributed by atoms with Crippen molar-refractivity contribution in [3.05, 3.63) is 48.6 Å². The van der Waals surface area contributed by atoms with Gasteiger partial charge in [0.25, 0.3) is 0 Å². The Hall–Kier alpha value is -2.77. The summed E-state index contributed by atoms with van der Waals surface area (Å²) in [5, 5.41) is 75.4. The van der Waals surface area contributed by atoms with Gasteiger partial charge in [0.15, 0.2) is 0 Å². The van der Waals surface area contributed by atoms with Crippen molar-refractivity contribution < 1.29 is 101 Å². The number of carbonyl (C=O) groups excluding carboxylic acids is 4. The minimum Gasteiger partial charge on any atom is -0.547 e. The van der Waals surface area contributed by atoms with Crippen LogP contribution in [0.15, 0.2) is 48.6 Å². The Kier molecular flexibility index (Phi) is 57.0. The van der Waals surface area contributed by atoms with Crippen molar-refractivity contribution in [2.24, 2.45) is 0 Å². The van der Waals surface area contributed by atoms with Gasteiger partial charge in [-0.3, -0.25) is 0 Å². The average Bonchev–Trinajstić information content (AvgIpc) is 3.16. The molecule has 4 N–H and O–H groups in total. The summed E-state index contributed by atoms with van der Waals surface area (Å²) < 4.78 is 20.8. The second-order valence-corrected chi connectivity index (χ2v) is 11.8. The topological polar surface area (TPSA) is 278 Å². The zero-order valence-corrected chi connectivity index (χ0v) is 35.8. The summed E-state index contributed by atoms with van der Waals surface area (Å²) in [4.78, 5) is 40.3. The molecule has 328 valence electrons. The molecule has 0 saturated heterocycles. The molecule has 0 fully saturated rings. The van der Waals surface area contributed by atoms with Gasteiger partial charge in [-0.15, -0.1) is 0 Å². The molecule has 0 aliphatic carbocycles. The van der Waals surface area contributed by atoms with Gasteiger partial charge in [0.05, 0.1) is 23.9 Å². The fraction of sp³-hybridized carbons (Fsp3) is 0.700. The van der Waals surface area contributed by atoms with Gasteiger partial charge in [0.1, 0.15) is 24.4 Å². The van der Waals surface area contributed by atoms with Crippen molar-refractivity contribution in [2.45, 2.75) is 129 Å². The maximum atomic E-state index is 10.1. The third-order valence-electron chi connectivity index (χ3n) is 6.27. The van der Waals surface area contributed by atoms with E-state index in [9.17, 15) is 39.6 Å². The minimum absolute atomic E-state index is 0. The van der Waals surface area contributed by atoms with E-state index in [0.29, 0.717) is 52.1 Å². The summed E-state index contributed by atoms with van der Waals surface area (Å²) in [5.41, 5.74) is 0. The molecule has 0 spiro atoms. The Morgan fingerprint density at radius 2 is 0.579 bits per heavy atom. The van der Waals surface area contributed by atoms with E-state index in [1.54, 1.807) is 24.3 Å². The first-order valence-corrected chi connectivity index (χ1v) is 19.3. The quantitative estimate of drug-likeness (QED) is 0.0375. The molecule has 0 aliphatic heterocycles. The summed E-state index contributed by atoms with van der Waals surface area (Å²) in [6, 6.07) is 0. The van der Waals surface area contributed by atoms with Crippen LogP contribution in [0.1, 0.15) is 105 Å². The van der Waals surface area contributed by atoms with E-state index in [1.165, 1.54) is 24.3 Å². The summed E-state index contributed by atoms with van der Waals surface area (Å²) in [7, 11) is 0. The molecular formula is C40H68O16Ti. The van der Waals surface area contributed by atoms with Crippen molar-refractivity contribution in [1.82, 2.24) is 0 Å². The SMILES string of the molecule is CCCOCCCC=CC(O)C(=O)[O-].CCCOCCCC=CC(O)C(=O)[O-].CCCOCCCC=CC(O)C(=O)[O-].CCCOCCCC=CC(O)C(=O)[O-].[Ti+4]. The summed E-state index contributed by atoms with van der Waals surface area (Å²) >= 11 is 0. The van der Waals surface area contributed by atoms with E-state index < -0.39 is 48.3 Å². The second-order valence-electron chi connectivity index (χ2n) is 11.8. The van der Waals surface area contributed by atoms with Crippen molar-refractivity contribution in [1.29, 1.82) is 0 Å². The molecule has 0 bridgehead atoms. The molecule has 0 rings (SSSR count). The molecule has 4 unspecified atom stereocenters. The Morgan fingerprint density at radius 1 is 0.404 bits per heavy atom. The van der Waals surface area contributed by atoms with Crippen molar-refractivity contribution >= 4 is 23.9 Å². The normalized spacial score (nSPS) is 13.1. The van der Waals surface area contributed by atoms with Crippen LogP contribution >= 0.6 is 0 Å². The Bertz CT molecular complexity index is 875. The molecule has 4 atom stereocenters. The van der Waals surface area contributed by atoms with Crippen molar-refractivity contribution in [3.63, 3.8) is 0 Å². The standard InChI is InChI=1S/4C10H18O4.Ti/c4*1-2-7-14-8-5-3-4-6-9(11)10(12)13;/h4*4,6,9,11H,2-3,5,7-8H2,1H3,(H,12,13);/q;;;;+4/p-4. The van der Waals surface area contributed by atoms with Crippen molar-refractivity contribution in [3.8, 4) is 0 Å². The molecule has 0 aromatic rings. The number of allylic oxidation sites excluding steroid dienone is 4. The molecule has 0 amide bonds. The number of rotatable bonds is 32. The van der Waals surface area contributed by atoms with Gasteiger partial charge in [0, 0.05) is 52.9 Å². The third-order valence-corrected chi connectivity index (χ3v) is 6.27. The van der Waals surface area contributed by atoms with Crippen LogP contribution in [0.5, 0.6) is 0 Å². The third kappa shape index (κ3) is 57.6. The zero-order chi connectivity index (χ0) is 43.2. The molecule has 57 heavy (non-hydrogen) atoms. The summed E-state index contributed by atoms with van der Waals surface area (Å²) in [5.74, 6) is -5.88. The van der Waals surface area contributed by atoms with Gasteiger partial charge >= 0.3 is 21.7 Å². The molecular weight excluding hydrogens is 784 g/mol. The van der Waals surface area contributed by atoms with Gasteiger partial charge in [-0.1, -0.05) is 76.3 Å². The van der Waals surface area contributed by atoms with E-state index in [2.05, 4.69) is 0 Å². The number of unbranched alkanes of at least 4 members (excludes halogenated alkanes) is 4. The largest absolute Gasteiger partial charge is 4.00 e. The van der Waals surface area contributed by atoms with Gasteiger partial charge in [-0.2, -0.15) is 0 Å². The van der Waals surface area contributed by atoms with Crippen LogP contribution in [-0.4, -0.2) is 122 Å². The second kappa shape index (κ2) is 51.3. The molecule has 0 radical (unpaired) electrons. The van der Waals surface area contributed by atoms with Crippen LogP contribution in [0, 0.1) is 0 Å². The van der Waals surface area contributed by atoms with E-state index in [-0.39, 0.29) is 21.7 Å². The van der Waals surface area contributed by atoms with Crippen LogP contribution in [0.25, 0.3) is 0 Å². The summed E-state index contributed by atoms with van der Waals surface area (Å²) in [6.07, 6.45) is 15.5. The van der Waals surface area contributed by atoms with E-state index >= 15 is 0 Å². The molecule has 0 aromatic heterocycles. The first-order chi connectivity index (χ1) is 26.7. The first-order valence-electron chi connectivity index (χ1n) is 19.3. The predicted octanol–water partition coefficient (Wildman–Crippen LogP) is -0.562. The number of hydrogen-bond acceptors (Lipinski definition) is 16. The molecule has 16 nitrogen and oxygen atoms in total. The monoisotopic (exact) mass is 852 g/mol. The Labute approximate surface area is 354 Å². The fourth-order valence-corrected chi connectivity index (χ4v) is 3.41. The van der Waals surface area contributed by atoms with Crippen molar-refractivity contribution in [2.75, 3.05) is 52.9 Å². The van der Waals surface area contributed by atoms with Crippen LogP contribution < -0.4 is 20.4 Å².